The van der Waals surface area contributed by atoms with Gasteiger partial charge in [-0.3, -0.25) is 0 Å². The van der Waals surface area contributed by atoms with Gasteiger partial charge in [-0.1, -0.05) is 55.4 Å². The third-order valence-electron chi connectivity index (χ3n) is 3.30. The van der Waals surface area contributed by atoms with Gasteiger partial charge in [0.15, 0.2) is 0 Å². The van der Waals surface area contributed by atoms with E-state index in [4.69, 9.17) is 9.97 Å². The van der Waals surface area contributed by atoms with Gasteiger partial charge in [0.05, 0.1) is 0 Å². The Morgan fingerprint density at radius 3 is 1.94 bits per heavy atom. The minimum absolute atomic E-state index is 0.00344. The zero-order valence-electron chi connectivity index (χ0n) is 13.3. The molecule has 0 aromatic carbocycles. The predicted octanol–water partition coefficient (Wildman–Crippen LogP) is 4.59. The Bertz CT molecular complexity index is 376. The van der Waals surface area contributed by atoms with Crippen LogP contribution in [0.4, 0.5) is 0 Å². The van der Waals surface area contributed by atoms with Gasteiger partial charge < -0.3 is 0 Å². The summed E-state index contributed by atoms with van der Waals surface area (Å²) in [5, 5.41) is 0. The quantitative estimate of drug-likeness (QED) is 0.765. The number of nitrogens with zero attached hydrogens (tertiary/aromatic N) is 2. The monoisotopic (exact) mass is 248 g/mol. The van der Waals surface area contributed by atoms with Crippen LogP contribution < -0.4 is 0 Å². The van der Waals surface area contributed by atoms with Crippen LogP contribution in [0.2, 0.25) is 0 Å². The summed E-state index contributed by atoms with van der Waals surface area (Å²) in [6.07, 6.45) is 1.12. The minimum Gasteiger partial charge on any atom is -0.237 e. The Morgan fingerprint density at radius 1 is 1.00 bits per heavy atom. The van der Waals surface area contributed by atoms with Crippen molar-refractivity contribution >= 4 is 0 Å². The van der Waals surface area contributed by atoms with Crippen molar-refractivity contribution in [2.24, 2.45) is 0 Å². The third-order valence-corrected chi connectivity index (χ3v) is 3.30. The average Bonchev–Trinajstić information content (AvgIpc) is 2.25. The lowest BCUT2D eigenvalue weighted by Gasteiger charge is -2.25. The highest BCUT2D eigenvalue weighted by Crippen LogP contribution is 2.28. The molecule has 0 aliphatic rings. The zero-order chi connectivity index (χ0) is 14.1. The van der Waals surface area contributed by atoms with E-state index in [1.807, 2.05) is 0 Å². The van der Waals surface area contributed by atoms with Gasteiger partial charge in [0.2, 0.25) is 0 Å². The fourth-order valence-corrected chi connectivity index (χ4v) is 1.65. The highest BCUT2D eigenvalue weighted by molar-refractivity contribution is 5.22. The molecular formula is C16H28N2. The van der Waals surface area contributed by atoms with Gasteiger partial charge in [0.25, 0.3) is 0 Å². The van der Waals surface area contributed by atoms with Crippen molar-refractivity contribution in [1.29, 1.82) is 0 Å². The maximum Gasteiger partial charge on any atom is 0.134 e. The van der Waals surface area contributed by atoms with Crippen molar-refractivity contribution in [2.45, 2.75) is 78.6 Å². The van der Waals surface area contributed by atoms with Crippen LogP contribution in [0, 0.1) is 0 Å². The summed E-state index contributed by atoms with van der Waals surface area (Å²) >= 11 is 0. The van der Waals surface area contributed by atoms with Crippen LogP contribution in [0.1, 0.15) is 84.9 Å². The molecule has 1 rings (SSSR count). The Balaban J connectivity index is 3.39. The summed E-state index contributed by atoms with van der Waals surface area (Å²) in [5.41, 5.74) is 2.41. The molecule has 1 aromatic heterocycles. The first-order valence-corrected chi connectivity index (χ1v) is 6.95. The maximum absolute atomic E-state index is 4.78. The fraction of sp³-hybridized carbons (Fsp3) is 0.750. The first-order chi connectivity index (χ1) is 8.05. The smallest absolute Gasteiger partial charge is 0.134 e. The maximum atomic E-state index is 4.78. The van der Waals surface area contributed by atoms with E-state index in [1.54, 1.807) is 0 Å². The van der Waals surface area contributed by atoms with Crippen LogP contribution in [0.5, 0.6) is 0 Å². The third kappa shape index (κ3) is 3.54. The van der Waals surface area contributed by atoms with E-state index in [1.165, 1.54) is 5.69 Å². The first-order valence-electron chi connectivity index (χ1n) is 6.95. The molecule has 0 radical (unpaired) electrons. The normalized spacial score (nSPS) is 14.7. The summed E-state index contributed by atoms with van der Waals surface area (Å²) in [7, 11) is 0. The van der Waals surface area contributed by atoms with Crippen LogP contribution in [-0.2, 0) is 10.8 Å². The average molecular weight is 248 g/mol. The van der Waals surface area contributed by atoms with Crippen molar-refractivity contribution in [3.05, 3.63) is 23.3 Å². The molecule has 1 unspecified atom stereocenters. The molecule has 2 nitrogen and oxygen atoms in total. The standard InChI is InChI=1S/C16H28N2/c1-9-11(2)12-10-13(15(3,4)5)18-14(17-12)16(6,7)8/h10-11H,9H2,1-8H3. The Kier molecular flexibility index (Phi) is 4.19. The molecule has 18 heavy (non-hydrogen) atoms. The van der Waals surface area contributed by atoms with Gasteiger partial charge in [-0.15, -0.1) is 0 Å². The second-order valence-corrected chi connectivity index (χ2v) is 7.31. The predicted molar refractivity (Wildman–Crippen MR) is 78.1 cm³/mol. The minimum atomic E-state index is 0.00344. The number of hydrogen-bond donors (Lipinski definition) is 0. The molecule has 0 saturated carbocycles. The SMILES string of the molecule is CCC(C)c1cc(C(C)(C)C)nc(C(C)(C)C)n1. The molecule has 0 amide bonds. The van der Waals surface area contributed by atoms with Crippen molar-refractivity contribution in [1.82, 2.24) is 9.97 Å². The van der Waals surface area contributed by atoms with E-state index in [-0.39, 0.29) is 10.8 Å². The number of aromatic nitrogens is 2. The summed E-state index contributed by atoms with van der Waals surface area (Å²) < 4.78 is 0. The summed E-state index contributed by atoms with van der Waals surface area (Å²) in [6.45, 7) is 17.6. The Hall–Kier alpha value is -0.920. The summed E-state index contributed by atoms with van der Waals surface area (Å²) in [5.74, 6) is 1.46. The van der Waals surface area contributed by atoms with Crippen LogP contribution in [0.15, 0.2) is 6.07 Å². The highest BCUT2D eigenvalue weighted by atomic mass is 14.9. The van der Waals surface area contributed by atoms with Gasteiger partial charge in [0, 0.05) is 22.2 Å². The first kappa shape index (κ1) is 15.1. The molecule has 0 N–H and O–H groups in total. The molecule has 0 saturated heterocycles. The largest absolute Gasteiger partial charge is 0.237 e. The van der Waals surface area contributed by atoms with Gasteiger partial charge in [-0.2, -0.15) is 0 Å². The molecule has 0 aliphatic carbocycles. The van der Waals surface area contributed by atoms with E-state index in [2.05, 4.69) is 61.5 Å². The summed E-state index contributed by atoms with van der Waals surface area (Å²) in [6, 6.07) is 2.18. The van der Waals surface area contributed by atoms with Gasteiger partial charge >= 0.3 is 0 Å². The molecule has 0 fully saturated rings. The molecule has 0 aliphatic heterocycles. The van der Waals surface area contributed by atoms with Crippen LogP contribution >= 0.6 is 0 Å². The number of rotatable bonds is 2. The molecule has 2 heteroatoms. The van der Waals surface area contributed by atoms with Crippen LogP contribution in [-0.4, -0.2) is 9.97 Å². The zero-order valence-corrected chi connectivity index (χ0v) is 13.3. The molecule has 0 spiro atoms. The lowest BCUT2D eigenvalue weighted by Crippen LogP contribution is -2.23. The molecule has 0 bridgehead atoms. The van der Waals surface area contributed by atoms with Crippen molar-refractivity contribution in [3.8, 4) is 0 Å². The van der Waals surface area contributed by atoms with Crippen LogP contribution in [0.25, 0.3) is 0 Å². The second-order valence-electron chi connectivity index (χ2n) is 7.31. The molecule has 1 heterocycles. The molecule has 1 aromatic rings. The van der Waals surface area contributed by atoms with Crippen molar-refractivity contribution < 1.29 is 0 Å². The molecule has 1 atom stereocenters. The highest BCUT2D eigenvalue weighted by Gasteiger charge is 2.24. The summed E-state index contributed by atoms with van der Waals surface area (Å²) in [4.78, 5) is 9.56. The number of hydrogen-bond acceptors (Lipinski definition) is 2. The second kappa shape index (κ2) is 4.99. The van der Waals surface area contributed by atoms with Gasteiger partial charge in [0.1, 0.15) is 5.82 Å². The van der Waals surface area contributed by atoms with E-state index in [0.717, 1.165) is 17.9 Å². The van der Waals surface area contributed by atoms with Crippen molar-refractivity contribution in [3.63, 3.8) is 0 Å². The fourth-order valence-electron chi connectivity index (χ4n) is 1.65. The lowest BCUT2D eigenvalue weighted by atomic mass is 9.88. The van der Waals surface area contributed by atoms with E-state index >= 15 is 0 Å². The topological polar surface area (TPSA) is 25.8 Å². The van der Waals surface area contributed by atoms with Crippen LogP contribution in [0.3, 0.4) is 0 Å². The lowest BCUT2D eigenvalue weighted by molar-refractivity contribution is 0.504. The van der Waals surface area contributed by atoms with E-state index < -0.39 is 0 Å². The molecule has 102 valence electrons. The van der Waals surface area contributed by atoms with E-state index in [0.29, 0.717) is 5.92 Å². The van der Waals surface area contributed by atoms with Crippen molar-refractivity contribution in [2.75, 3.05) is 0 Å². The van der Waals surface area contributed by atoms with Gasteiger partial charge in [-0.25, -0.2) is 9.97 Å². The van der Waals surface area contributed by atoms with Gasteiger partial charge in [-0.05, 0) is 18.4 Å². The Morgan fingerprint density at radius 2 is 1.56 bits per heavy atom. The van der Waals surface area contributed by atoms with E-state index in [9.17, 15) is 0 Å². The Labute approximate surface area is 112 Å². The molecular weight excluding hydrogens is 220 g/mol.